The first-order valence-electron chi connectivity index (χ1n) is 11.2. The van der Waals surface area contributed by atoms with E-state index in [1.54, 1.807) is 37.3 Å². The zero-order valence-corrected chi connectivity index (χ0v) is 20.8. The Morgan fingerprint density at radius 1 is 1.31 bits per heavy atom. The molecule has 1 aliphatic carbocycles. The second-order valence-corrected chi connectivity index (χ2v) is 10.8. The van der Waals surface area contributed by atoms with Gasteiger partial charge in [0.15, 0.2) is 5.16 Å². The minimum Gasteiger partial charge on any atom is -0.316 e. The van der Waals surface area contributed by atoms with E-state index in [-0.39, 0.29) is 10.9 Å². The van der Waals surface area contributed by atoms with E-state index in [9.17, 15) is 23.2 Å². The van der Waals surface area contributed by atoms with Crippen molar-refractivity contribution in [1.82, 2.24) is 9.97 Å². The highest BCUT2D eigenvalue weighted by Crippen LogP contribution is 2.40. The Kier molecular flexibility index (Phi) is 7.47. The number of nitriles is 1. The smallest absolute Gasteiger partial charge is 0.316 e. The number of nitrogens with zero attached hydrogens (tertiary/aromatic N) is 3. The summed E-state index contributed by atoms with van der Waals surface area (Å²) in [5, 5.41) is 12.1. The summed E-state index contributed by atoms with van der Waals surface area (Å²) >= 11 is 2.27. The average Bonchev–Trinajstić information content (AvgIpc) is 3.19. The summed E-state index contributed by atoms with van der Waals surface area (Å²) in [5.41, 5.74) is 1.08. The molecule has 0 radical (unpaired) electrons. The van der Waals surface area contributed by atoms with E-state index in [0.717, 1.165) is 54.0 Å². The summed E-state index contributed by atoms with van der Waals surface area (Å²) in [6.45, 7) is 3.73. The molecule has 1 amide bonds. The van der Waals surface area contributed by atoms with Crippen LogP contribution in [0.15, 0.2) is 41.6 Å². The summed E-state index contributed by atoms with van der Waals surface area (Å²) in [7, 11) is 0. The van der Waals surface area contributed by atoms with Crippen LogP contribution in [-0.4, -0.2) is 21.1 Å². The first-order chi connectivity index (χ1) is 16.7. The number of halogens is 3. The van der Waals surface area contributed by atoms with Crippen LogP contribution in [0.4, 0.5) is 18.2 Å². The van der Waals surface area contributed by atoms with E-state index in [1.807, 2.05) is 0 Å². The van der Waals surface area contributed by atoms with Gasteiger partial charge < -0.3 is 5.32 Å². The number of carbonyl (C=O) groups excluding carboxylic acids is 1. The fourth-order valence-corrected chi connectivity index (χ4v) is 6.11. The molecule has 35 heavy (non-hydrogen) atoms. The number of carbonyl (C=O) groups is 1. The monoisotopic (exact) mass is 516 g/mol. The number of aromatic nitrogens is 2. The van der Waals surface area contributed by atoms with Gasteiger partial charge in [-0.1, -0.05) is 55.4 Å². The van der Waals surface area contributed by atoms with Crippen molar-refractivity contribution >= 4 is 34.0 Å². The predicted molar refractivity (Wildman–Crippen MR) is 131 cm³/mol. The van der Waals surface area contributed by atoms with Crippen LogP contribution in [0.25, 0.3) is 11.3 Å². The van der Waals surface area contributed by atoms with Gasteiger partial charge in [-0.05, 0) is 43.7 Å². The summed E-state index contributed by atoms with van der Waals surface area (Å²) in [5.74, 6) is 0.155. The van der Waals surface area contributed by atoms with Crippen molar-refractivity contribution in [2.45, 2.75) is 56.1 Å². The Labute approximate surface area is 209 Å². The van der Waals surface area contributed by atoms with Crippen molar-refractivity contribution in [3.8, 4) is 17.3 Å². The molecule has 2 aromatic heterocycles. The fourth-order valence-electron chi connectivity index (χ4n) is 4.01. The predicted octanol–water partition coefficient (Wildman–Crippen LogP) is 6.73. The molecule has 2 heterocycles. The van der Waals surface area contributed by atoms with Gasteiger partial charge in [0, 0.05) is 10.4 Å². The second kappa shape index (κ2) is 10.4. The topological polar surface area (TPSA) is 78.7 Å². The Balaban J connectivity index is 1.55. The van der Waals surface area contributed by atoms with Crippen molar-refractivity contribution in [2.24, 2.45) is 5.92 Å². The molecular formula is C25H23F3N4OS2. The van der Waals surface area contributed by atoms with E-state index >= 15 is 0 Å². The van der Waals surface area contributed by atoms with Crippen LogP contribution >= 0.6 is 23.1 Å². The lowest BCUT2D eigenvalue weighted by Crippen LogP contribution is -2.23. The van der Waals surface area contributed by atoms with Crippen LogP contribution in [0.3, 0.4) is 0 Å². The largest absolute Gasteiger partial charge is 0.433 e. The first-order valence-corrected chi connectivity index (χ1v) is 12.9. The maximum Gasteiger partial charge on any atom is 0.433 e. The Bertz CT molecular complexity index is 1270. The lowest BCUT2D eigenvalue weighted by atomic mass is 9.86. The van der Waals surface area contributed by atoms with Gasteiger partial charge in [-0.3, -0.25) is 4.79 Å². The quantitative estimate of drug-likeness (QED) is 0.290. The molecule has 0 fully saturated rings. The van der Waals surface area contributed by atoms with Gasteiger partial charge in [0.2, 0.25) is 5.91 Å². The van der Waals surface area contributed by atoms with E-state index < -0.39 is 23.0 Å². The third-order valence-electron chi connectivity index (χ3n) is 6.01. The lowest BCUT2D eigenvalue weighted by Gasteiger charge is -2.20. The van der Waals surface area contributed by atoms with Gasteiger partial charge in [0.1, 0.15) is 16.8 Å². The highest BCUT2D eigenvalue weighted by Gasteiger charge is 2.34. The molecule has 10 heteroatoms. The molecule has 5 nitrogen and oxygen atoms in total. The van der Waals surface area contributed by atoms with Crippen molar-refractivity contribution in [3.05, 3.63) is 58.1 Å². The minimum atomic E-state index is -4.65. The molecule has 1 aliphatic rings. The van der Waals surface area contributed by atoms with E-state index in [0.29, 0.717) is 22.0 Å². The summed E-state index contributed by atoms with van der Waals surface area (Å²) in [4.78, 5) is 22.0. The minimum absolute atomic E-state index is 0.131. The maximum absolute atomic E-state index is 13.5. The number of anilines is 1. The second-order valence-electron chi connectivity index (χ2n) is 8.37. The van der Waals surface area contributed by atoms with E-state index in [1.165, 1.54) is 11.3 Å². The number of thiophene rings is 1. The highest BCUT2D eigenvalue weighted by molar-refractivity contribution is 8.00. The highest BCUT2D eigenvalue weighted by atomic mass is 32.2. The Morgan fingerprint density at radius 3 is 2.71 bits per heavy atom. The van der Waals surface area contributed by atoms with Crippen LogP contribution in [0.1, 0.15) is 48.4 Å². The standard InChI is InChI=1S/C25H23F3N4OS2/c1-3-15-9-10-17-18(13-29)23(35-20(17)11-15)32-22(33)14(2)34-24-30-19(16-7-5-4-6-8-16)12-21(31-24)25(26,27)28/h4-8,12,14-15H,3,9-11H2,1-2H3,(H,32,33)/t14-,15-/m1/s1. The van der Waals surface area contributed by atoms with Gasteiger partial charge >= 0.3 is 6.18 Å². The molecule has 4 rings (SSSR count). The average molecular weight is 517 g/mol. The number of nitrogens with one attached hydrogen (secondary N) is 1. The number of thioether (sulfide) groups is 1. The summed E-state index contributed by atoms with van der Waals surface area (Å²) in [6.07, 6.45) is -0.859. The van der Waals surface area contributed by atoms with Crippen molar-refractivity contribution < 1.29 is 18.0 Å². The van der Waals surface area contributed by atoms with Crippen LogP contribution < -0.4 is 5.32 Å². The molecule has 182 valence electrons. The maximum atomic E-state index is 13.5. The van der Waals surface area contributed by atoms with Crippen molar-refractivity contribution in [3.63, 3.8) is 0 Å². The molecule has 0 bridgehead atoms. The molecule has 1 N–H and O–H groups in total. The van der Waals surface area contributed by atoms with Crippen molar-refractivity contribution in [1.29, 1.82) is 5.26 Å². The molecule has 0 saturated carbocycles. The molecule has 2 atom stereocenters. The van der Waals surface area contributed by atoms with Gasteiger partial charge in [0.05, 0.1) is 16.5 Å². The fraction of sp³-hybridized carbons (Fsp3) is 0.360. The Hall–Kier alpha value is -2.90. The number of hydrogen-bond donors (Lipinski definition) is 1. The molecule has 0 aliphatic heterocycles. The number of rotatable bonds is 6. The molecular weight excluding hydrogens is 493 g/mol. The van der Waals surface area contributed by atoms with Crippen LogP contribution in [0.2, 0.25) is 0 Å². The third-order valence-corrected chi connectivity index (χ3v) is 8.14. The van der Waals surface area contributed by atoms with Crippen molar-refractivity contribution in [2.75, 3.05) is 5.32 Å². The van der Waals surface area contributed by atoms with Gasteiger partial charge in [-0.15, -0.1) is 11.3 Å². The molecule has 3 aromatic rings. The number of alkyl halides is 3. The van der Waals surface area contributed by atoms with Gasteiger partial charge in [-0.2, -0.15) is 18.4 Å². The zero-order valence-electron chi connectivity index (χ0n) is 19.1. The number of benzene rings is 1. The van der Waals surface area contributed by atoms with E-state index in [4.69, 9.17) is 0 Å². The lowest BCUT2D eigenvalue weighted by molar-refractivity contribution is -0.141. The van der Waals surface area contributed by atoms with Crippen LogP contribution in [-0.2, 0) is 23.8 Å². The first kappa shape index (κ1) is 25.2. The Morgan fingerprint density at radius 2 is 2.06 bits per heavy atom. The number of fused-ring (bicyclic) bond motifs is 1. The van der Waals surface area contributed by atoms with Gasteiger partial charge in [-0.25, -0.2) is 9.97 Å². The SMILES string of the molecule is CC[C@@H]1CCc2c(sc(NC(=O)[C@@H](C)Sc3nc(-c4ccccc4)cc(C(F)(F)F)n3)c2C#N)C1. The summed E-state index contributed by atoms with van der Waals surface area (Å²) < 4.78 is 40.5. The van der Waals surface area contributed by atoms with Crippen LogP contribution in [0.5, 0.6) is 0 Å². The number of amides is 1. The van der Waals surface area contributed by atoms with E-state index in [2.05, 4.69) is 28.3 Å². The van der Waals surface area contributed by atoms with Crippen LogP contribution in [0, 0.1) is 17.2 Å². The van der Waals surface area contributed by atoms with Gasteiger partial charge in [0.25, 0.3) is 0 Å². The molecule has 1 aromatic carbocycles. The summed E-state index contributed by atoms with van der Waals surface area (Å²) in [6, 6.07) is 11.6. The molecule has 0 spiro atoms. The number of hydrogen-bond acceptors (Lipinski definition) is 6. The molecule has 0 saturated heterocycles. The zero-order chi connectivity index (χ0) is 25.2. The normalized spacial score (nSPS) is 16.3. The third kappa shape index (κ3) is 5.68. The molecule has 0 unspecified atom stereocenters.